The smallest absolute Gasteiger partial charge is 0.269 e. The predicted molar refractivity (Wildman–Crippen MR) is 83.0 cm³/mol. The molecule has 0 spiro atoms. The first-order chi connectivity index (χ1) is 11.5. The lowest BCUT2D eigenvalue weighted by Gasteiger charge is -2.37. The fourth-order valence-electron chi connectivity index (χ4n) is 3.12. The Bertz CT molecular complexity index is 819. The van der Waals surface area contributed by atoms with Crippen LogP contribution in [0.4, 0.5) is 5.69 Å². The fraction of sp³-hybridized carbons (Fsp3) is 0.294. The van der Waals surface area contributed by atoms with Gasteiger partial charge in [0.1, 0.15) is 0 Å². The van der Waals surface area contributed by atoms with Crippen LogP contribution in [-0.4, -0.2) is 23.4 Å². The van der Waals surface area contributed by atoms with E-state index in [1.165, 1.54) is 24.3 Å². The highest BCUT2D eigenvalue weighted by Gasteiger charge is 2.41. The number of hydrogen-bond acceptors (Lipinski definition) is 6. The Labute approximate surface area is 137 Å². The average Bonchev–Trinajstić information content (AvgIpc) is 3.05. The lowest BCUT2D eigenvalue weighted by atomic mass is 9.85. The minimum Gasteiger partial charge on any atom is -0.454 e. The topological polar surface area (TPSA) is 91.1 Å². The molecule has 2 aromatic rings. The minimum atomic E-state index is -1.68. The second kappa shape index (κ2) is 5.19. The molecule has 2 unspecified atom stereocenters. The van der Waals surface area contributed by atoms with E-state index >= 15 is 0 Å². The molecule has 0 saturated heterocycles. The zero-order valence-corrected chi connectivity index (χ0v) is 12.9. The van der Waals surface area contributed by atoms with Crippen molar-refractivity contribution >= 4 is 5.69 Å². The third-order valence-corrected chi connectivity index (χ3v) is 4.45. The molecule has 2 heterocycles. The second-order valence-electron chi connectivity index (χ2n) is 5.95. The molecule has 0 aromatic heterocycles. The Hall–Kier alpha value is -2.64. The molecule has 4 rings (SSSR count). The first-order valence-corrected chi connectivity index (χ1v) is 7.54. The van der Waals surface area contributed by atoms with E-state index in [1.807, 2.05) is 13.0 Å². The zero-order valence-electron chi connectivity index (χ0n) is 12.9. The van der Waals surface area contributed by atoms with E-state index < -0.39 is 10.7 Å². The standard InChI is InChI=1S/C17H15NO6/c1-10-8-24-17(19,11-2-4-12(5-3-11)18(20)21)14-7-16-15(6-13(10)14)22-9-23-16/h2-7,10,19H,8-9H2,1H3. The van der Waals surface area contributed by atoms with Crippen LogP contribution in [0.15, 0.2) is 36.4 Å². The normalized spacial score (nSPS) is 24.5. The maximum Gasteiger partial charge on any atom is 0.269 e. The van der Waals surface area contributed by atoms with Crippen LogP contribution in [0.2, 0.25) is 0 Å². The van der Waals surface area contributed by atoms with E-state index in [2.05, 4.69) is 0 Å². The number of rotatable bonds is 2. The van der Waals surface area contributed by atoms with Crippen molar-refractivity contribution in [3.63, 3.8) is 0 Å². The van der Waals surface area contributed by atoms with Gasteiger partial charge in [-0.25, -0.2) is 0 Å². The van der Waals surface area contributed by atoms with Gasteiger partial charge in [0.15, 0.2) is 11.5 Å². The quantitative estimate of drug-likeness (QED) is 0.673. The van der Waals surface area contributed by atoms with E-state index in [0.717, 1.165) is 5.56 Å². The Morgan fingerprint density at radius 1 is 1.21 bits per heavy atom. The molecule has 2 aromatic carbocycles. The first-order valence-electron chi connectivity index (χ1n) is 7.54. The summed E-state index contributed by atoms with van der Waals surface area (Å²) in [6, 6.07) is 9.28. The van der Waals surface area contributed by atoms with E-state index in [9.17, 15) is 15.2 Å². The molecule has 24 heavy (non-hydrogen) atoms. The number of nitro groups is 1. The summed E-state index contributed by atoms with van der Waals surface area (Å²) in [7, 11) is 0. The van der Waals surface area contributed by atoms with Crippen molar-refractivity contribution in [1.82, 2.24) is 0 Å². The summed E-state index contributed by atoms with van der Waals surface area (Å²) in [5, 5.41) is 22.0. The summed E-state index contributed by atoms with van der Waals surface area (Å²) in [6.07, 6.45) is 0. The summed E-state index contributed by atoms with van der Waals surface area (Å²) in [5.74, 6) is -0.411. The number of ether oxygens (including phenoxy) is 3. The molecular weight excluding hydrogens is 314 g/mol. The molecule has 0 amide bonds. The van der Waals surface area contributed by atoms with Gasteiger partial charge in [0.2, 0.25) is 12.6 Å². The largest absolute Gasteiger partial charge is 0.454 e. The molecule has 0 aliphatic carbocycles. The SMILES string of the molecule is CC1COC(O)(c2ccc([N+](=O)[O-])cc2)c2cc3c(cc21)OCO3. The number of hydrogen-bond donors (Lipinski definition) is 1. The van der Waals surface area contributed by atoms with Gasteiger partial charge in [-0.05, 0) is 29.8 Å². The van der Waals surface area contributed by atoms with Gasteiger partial charge in [-0.1, -0.05) is 6.92 Å². The monoisotopic (exact) mass is 329 g/mol. The van der Waals surface area contributed by atoms with Crippen LogP contribution in [-0.2, 0) is 10.5 Å². The maximum absolute atomic E-state index is 11.2. The lowest BCUT2D eigenvalue weighted by molar-refractivity contribution is -0.384. The summed E-state index contributed by atoms with van der Waals surface area (Å²) in [5.41, 5.74) is 1.86. The number of aliphatic hydroxyl groups is 1. The Kier molecular flexibility index (Phi) is 3.22. The van der Waals surface area contributed by atoms with Crippen LogP contribution in [0.25, 0.3) is 0 Å². The molecule has 1 N–H and O–H groups in total. The summed E-state index contributed by atoms with van der Waals surface area (Å²) in [4.78, 5) is 10.3. The molecule has 7 nitrogen and oxygen atoms in total. The summed E-state index contributed by atoms with van der Waals surface area (Å²) in [6.45, 7) is 2.46. The average molecular weight is 329 g/mol. The van der Waals surface area contributed by atoms with Gasteiger partial charge < -0.3 is 19.3 Å². The van der Waals surface area contributed by atoms with E-state index in [0.29, 0.717) is 29.2 Å². The molecule has 0 saturated carbocycles. The number of benzene rings is 2. The van der Waals surface area contributed by atoms with Gasteiger partial charge >= 0.3 is 0 Å². The van der Waals surface area contributed by atoms with Crippen molar-refractivity contribution in [3.8, 4) is 11.5 Å². The van der Waals surface area contributed by atoms with Gasteiger partial charge in [-0.15, -0.1) is 0 Å². The van der Waals surface area contributed by atoms with Crippen molar-refractivity contribution in [2.75, 3.05) is 13.4 Å². The molecule has 124 valence electrons. The van der Waals surface area contributed by atoms with Crippen molar-refractivity contribution < 1.29 is 24.2 Å². The van der Waals surface area contributed by atoms with Gasteiger partial charge in [0.25, 0.3) is 5.69 Å². The van der Waals surface area contributed by atoms with Crippen LogP contribution in [0.3, 0.4) is 0 Å². The van der Waals surface area contributed by atoms with Crippen molar-refractivity contribution in [2.24, 2.45) is 0 Å². The number of fused-ring (bicyclic) bond motifs is 2. The van der Waals surface area contributed by atoms with E-state index in [4.69, 9.17) is 14.2 Å². The zero-order chi connectivity index (χ0) is 16.9. The van der Waals surface area contributed by atoms with Crippen molar-refractivity contribution in [3.05, 3.63) is 63.2 Å². The van der Waals surface area contributed by atoms with Crippen LogP contribution in [0, 0.1) is 10.1 Å². The van der Waals surface area contributed by atoms with Gasteiger partial charge in [0.05, 0.1) is 11.5 Å². The molecule has 0 radical (unpaired) electrons. The molecule has 7 heteroatoms. The highest BCUT2D eigenvalue weighted by atomic mass is 16.7. The molecule has 2 aliphatic heterocycles. The minimum absolute atomic E-state index is 0.0440. The fourth-order valence-corrected chi connectivity index (χ4v) is 3.12. The molecule has 0 fully saturated rings. The second-order valence-corrected chi connectivity index (χ2v) is 5.95. The van der Waals surface area contributed by atoms with E-state index in [1.54, 1.807) is 6.07 Å². The van der Waals surface area contributed by atoms with Gasteiger partial charge in [-0.2, -0.15) is 0 Å². The van der Waals surface area contributed by atoms with Crippen LogP contribution in [0.1, 0.15) is 29.5 Å². The Balaban J connectivity index is 1.84. The number of nitro benzene ring substituents is 1. The van der Waals surface area contributed by atoms with Crippen molar-refractivity contribution in [1.29, 1.82) is 0 Å². The highest BCUT2D eigenvalue weighted by molar-refractivity contribution is 5.54. The molecule has 2 aliphatic rings. The molecule has 0 bridgehead atoms. The Morgan fingerprint density at radius 2 is 1.88 bits per heavy atom. The molecule has 2 atom stereocenters. The lowest BCUT2D eigenvalue weighted by Crippen LogP contribution is -2.37. The third-order valence-electron chi connectivity index (χ3n) is 4.45. The predicted octanol–water partition coefficient (Wildman–Crippen LogP) is 2.65. The molecular formula is C17H15NO6. The third kappa shape index (κ3) is 2.13. The van der Waals surface area contributed by atoms with Crippen molar-refractivity contribution in [2.45, 2.75) is 18.6 Å². The van der Waals surface area contributed by atoms with Gasteiger partial charge in [-0.3, -0.25) is 10.1 Å². The summed E-state index contributed by atoms with van der Waals surface area (Å²) >= 11 is 0. The van der Waals surface area contributed by atoms with Crippen LogP contribution >= 0.6 is 0 Å². The first kappa shape index (κ1) is 14.9. The highest BCUT2D eigenvalue weighted by Crippen LogP contribution is 2.46. The van der Waals surface area contributed by atoms with Crippen LogP contribution < -0.4 is 9.47 Å². The Morgan fingerprint density at radius 3 is 2.54 bits per heavy atom. The maximum atomic E-state index is 11.2. The van der Waals surface area contributed by atoms with Gasteiger partial charge in [0, 0.05) is 29.2 Å². The van der Waals surface area contributed by atoms with Crippen LogP contribution in [0.5, 0.6) is 11.5 Å². The number of nitrogens with zero attached hydrogens (tertiary/aromatic N) is 1. The number of non-ortho nitro benzene ring substituents is 1. The summed E-state index contributed by atoms with van der Waals surface area (Å²) < 4.78 is 16.6. The van der Waals surface area contributed by atoms with E-state index in [-0.39, 0.29) is 18.4 Å².